The van der Waals surface area contributed by atoms with Crippen molar-refractivity contribution in [1.82, 2.24) is 4.40 Å². The molecule has 0 bridgehead atoms. The second-order valence-corrected chi connectivity index (χ2v) is 4.82. The zero-order valence-corrected chi connectivity index (χ0v) is 11.8. The molecule has 2 aromatic heterocycles. The lowest BCUT2D eigenvalue weighted by Gasteiger charge is -2.07. The SMILES string of the molecule is CCOC(=S)c1ccc2c(F)cc(Br)cn2c1=O. The fourth-order valence-corrected chi connectivity index (χ4v) is 2.27. The molecular formula is C12H9BrFNO2S. The highest BCUT2D eigenvalue weighted by molar-refractivity contribution is 9.10. The van der Waals surface area contributed by atoms with Crippen LogP contribution in [-0.4, -0.2) is 16.1 Å². The Morgan fingerprint density at radius 1 is 1.56 bits per heavy atom. The summed E-state index contributed by atoms with van der Waals surface area (Å²) >= 11 is 8.14. The van der Waals surface area contributed by atoms with E-state index in [4.69, 9.17) is 17.0 Å². The second kappa shape index (κ2) is 5.16. The predicted molar refractivity (Wildman–Crippen MR) is 74.7 cm³/mol. The minimum atomic E-state index is -0.477. The number of ether oxygens (including phenoxy) is 1. The van der Waals surface area contributed by atoms with Crippen molar-refractivity contribution in [3.63, 3.8) is 0 Å². The number of nitrogens with zero attached hydrogens (tertiary/aromatic N) is 1. The maximum atomic E-state index is 13.7. The van der Waals surface area contributed by atoms with Crippen LogP contribution in [0.3, 0.4) is 0 Å². The molecule has 0 amide bonds. The highest BCUT2D eigenvalue weighted by Gasteiger charge is 2.12. The van der Waals surface area contributed by atoms with Crippen LogP contribution in [0.25, 0.3) is 5.52 Å². The summed E-state index contributed by atoms with van der Waals surface area (Å²) in [5, 5.41) is 0.122. The number of halogens is 2. The van der Waals surface area contributed by atoms with Crippen LogP contribution in [0.5, 0.6) is 0 Å². The molecule has 0 radical (unpaired) electrons. The van der Waals surface area contributed by atoms with Crippen molar-refractivity contribution in [2.24, 2.45) is 0 Å². The molecule has 0 fully saturated rings. The minimum Gasteiger partial charge on any atom is -0.483 e. The number of aromatic nitrogens is 1. The van der Waals surface area contributed by atoms with Crippen molar-refractivity contribution in [2.45, 2.75) is 6.92 Å². The molecule has 2 rings (SSSR count). The van der Waals surface area contributed by atoms with Gasteiger partial charge in [-0.15, -0.1) is 0 Å². The van der Waals surface area contributed by atoms with Gasteiger partial charge in [-0.05, 0) is 53.3 Å². The Hall–Kier alpha value is -1.27. The molecule has 0 aliphatic carbocycles. The first kappa shape index (κ1) is 13.2. The highest BCUT2D eigenvalue weighted by atomic mass is 79.9. The van der Waals surface area contributed by atoms with Gasteiger partial charge in [0, 0.05) is 10.7 Å². The van der Waals surface area contributed by atoms with Crippen molar-refractivity contribution in [1.29, 1.82) is 0 Å². The molecule has 0 aliphatic heterocycles. The fourth-order valence-electron chi connectivity index (χ4n) is 1.60. The van der Waals surface area contributed by atoms with E-state index in [1.165, 1.54) is 28.8 Å². The van der Waals surface area contributed by atoms with E-state index in [-0.39, 0.29) is 16.1 Å². The monoisotopic (exact) mass is 329 g/mol. The Morgan fingerprint density at radius 3 is 2.94 bits per heavy atom. The average molecular weight is 330 g/mol. The summed E-state index contributed by atoms with van der Waals surface area (Å²) in [6, 6.07) is 4.28. The van der Waals surface area contributed by atoms with Crippen LogP contribution in [-0.2, 0) is 4.74 Å². The molecule has 6 heteroatoms. The number of fused-ring (bicyclic) bond motifs is 1. The molecule has 0 aromatic carbocycles. The molecule has 2 heterocycles. The molecule has 0 saturated heterocycles. The van der Waals surface area contributed by atoms with Crippen LogP contribution >= 0.6 is 28.1 Å². The van der Waals surface area contributed by atoms with Gasteiger partial charge in [0.25, 0.3) is 5.56 Å². The maximum Gasteiger partial charge on any atom is 0.267 e. The van der Waals surface area contributed by atoms with Crippen molar-refractivity contribution >= 4 is 38.7 Å². The van der Waals surface area contributed by atoms with Gasteiger partial charge in [0.2, 0.25) is 0 Å². The van der Waals surface area contributed by atoms with Gasteiger partial charge in [-0.1, -0.05) is 0 Å². The third-order valence-corrected chi connectivity index (χ3v) is 3.15. The molecule has 3 nitrogen and oxygen atoms in total. The van der Waals surface area contributed by atoms with E-state index in [0.29, 0.717) is 11.1 Å². The topological polar surface area (TPSA) is 30.7 Å². The Kier molecular flexibility index (Phi) is 3.77. The Morgan fingerprint density at radius 2 is 2.28 bits per heavy atom. The summed E-state index contributed by atoms with van der Waals surface area (Å²) in [7, 11) is 0. The average Bonchev–Trinajstić information content (AvgIpc) is 2.30. The van der Waals surface area contributed by atoms with Gasteiger partial charge in [-0.3, -0.25) is 9.20 Å². The van der Waals surface area contributed by atoms with E-state index in [9.17, 15) is 9.18 Å². The van der Waals surface area contributed by atoms with Crippen LogP contribution in [0.2, 0.25) is 0 Å². The molecule has 0 spiro atoms. The summed E-state index contributed by atoms with van der Waals surface area (Å²) in [5.41, 5.74) is 0.0549. The molecule has 94 valence electrons. The van der Waals surface area contributed by atoms with Crippen molar-refractivity contribution in [2.75, 3.05) is 6.61 Å². The molecule has 18 heavy (non-hydrogen) atoms. The molecular weight excluding hydrogens is 321 g/mol. The van der Waals surface area contributed by atoms with E-state index < -0.39 is 11.4 Å². The Labute approximate surface area is 116 Å². The summed E-state index contributed by atoms with van der Waals surface area (Å²) in [6.07, 6.45) is 1.50. The highest BCUT2D eigenvalue weighted by Crippen LogP contribution is 2.15. The van der Waals surface area contributed by atoms with Crippen LogP contribution in [0.4, 0.5) is 4.39 Å². The van der Waals surface area contributed by atoms with Gasteiger partial charge < -0.3 is 4.74 Å². The second-order valence-electron chi connectivity index (χ2n) is 3.53. The first-order valence-electron chi connectivity index (χ1n) is 5.22. The minimum absolute atomic E-state index is 0.122. The fraction of sp³-hybridized carbons (Fsp3) is 0.167. The summed E-state index contributed by atoms with van der Waals surface area (Å²) in [4.78, 5) is 12.2. The van der Waals surface area contributed by atoms with Crippen molar-refractivity contribution < 1.29 is 9.13 Å². The third kappa shape index (κ3) is 2.30. The van der Waals surface area contributed by atoms with Gasteiger partial charge in [-0.25, -0.2) is 4.39 Å². The quantitative estimate of drug-likeness (QED) is 0.794. The summed E-state index contributed by atoms with van der Waals surface area (Å²) in [5.74, 6) is -0.477. The van der Waals surface area contributed by atoms with E-state index in [0.717, 1.165) is 0 Å². The lowest BCUT2D eigenvalue weighted by molar-refractivity contribution is 0.337. The zero-order chi connectivity index (χ0) is 13.3. The van der Waals surface area contributed by atoms with E-state index in [2.05, 4.69) is 15.9 Å². The molecule has 0 atom stereocenters. The molecule has 0 unspecified atom stereocenters. The normalized spacial score (nSPS) is 10.6. The first-order valence-corrected chi connectivity index (χ1v) is 6.42. The van der Waals surface area contributed by atoms with E-state index in [1.54, 1.807) is 6.92 Å². The number of pyridine rings is 2. The van der Waals surface area contributed by atoms with Crippen LogP contribution < -0.4 is 5.56 Å². The van der Waals surface area contributed by atoms with Crippen molar-refractivity contribution in [3.8, 4) is 0 Å². The van der Waals surface area contributed by atoms with Crippen LogP contribution in [0, 0.1) is 5.82 Å². The first-order chi connectivity index (χ1) is 8.54. The van der Waals surface area contributed by atoms with Gasteiger partial charge in [-0.2, -0.15) is 0 Å². The maximum absolute atomic E-state index is 13.7. The lowest BCUT2D eigenvalue weighted by atomic mass is 10.2. The van der Waals surface area contributed by atoms with Gasteiger partial charge in [0.15, 0.2) is 5.05 Å². The molecule has 0 aliphatic rings. The zero-order valence-electron chi connectivity index (χ0n) is 9.44. The van der Waals surface area contributed by atoms with Crippen LogP contribution in [0.15, 0.2) is 33.7 Å². The Bertz CT molecular complexity index is 684. The van der Waals surface area contributed by atoms with Gasteiger partial charge in [0.1, 0.15) is 5.82 Å². The van der Waals surface area contributed by atoms with Crippen molar-refractivity contribution in [3.05, 3.63) is 50.6 Å². The smallest absolute Gasteiger partial charge is 0.267 e. The third-order valence-electron chi connectivity index (χ3n) is 2.37. The number of thiocarbonyl (C=S) groups is 1. The number of hydrogen-bond donors (Lipinski definition) is 0. The van der Waals surface area contributed by atoms with E-state index >= 15 is 0 Å². The van der Waals surface area contributed by atoms with Crippen LogP contribution in [0.1, 0.15) is 12.5 Å². The van der Waals surface area contributed by atoms with E-state index in [1.807, 2.05) is 0 Å². The predicted octanol–water partition coefficient (Wildman–Crippen LogP) is 2.91. The van der Waals surface area contributed by atoms with Gasteiger partial charge in [0.05, 0.1) is 17.7 Å². The summed E-state index contributed by atoms with van der Waals surface area (Å²) < 4.78 is 20.5. The molecule has 2 aromatic rings. The molecule has 0 N–H and O–H groups in total. The summed E-state index contributed by atoms with van der Waals surface area (Å²) in [6.45, 7) is 2.16. The largest absolute Gasteiger partial charge is 0.483 e. The standard InChI is InChI=1S/C12H9BrFNO2S/c1-2-17-12(18)8-3-4-10-9(14)5-7(13)6-15(10)11(8)16/h3-6H,2H2,1H3. The lowest BCUT2D eigenvalue weighted by Crippen LogP contribution is -2.23. The molecule has 0 saturated carbocycles. The Balaban J connectivity index is 2.71. The number of rotatable bonds is 2. The number of hydrogen-bond acceptors (Lipinski definition) is 3. The van der Waals surface area contributed by atoms with Gasteiger partial charge >= 0.3 is 0 Å².